The Balaban J connectivity index is 1.31. The molecule has 2 aliphatic heterocycles. The summed E-state index contributed by atoms with van der Waals surface area (Å²) in [7, 11) is -6.83. The van der Waals surface area contributed by atoms with Crippen LogP contribution in [0, 0.1) is 24.7 Å². The Bertz CT molecular complexity index is 2520. The molecule has 0 saturated heterocycles. The van der Waals surface area contributed by atoms with E-state index in [2.05, 4.69) is 34.4 Å². The maximum Gasteiger partial charge on any atom is 0.311 e. The van der Waals surface area contributed by atoms with Crippen LogP contribution in [0.5, 0.6) is 5.75 Å². The number of aryl methyl sites for hydroxylation is 1. The predicted molar refractivity (Wildman–Crippen MR) is 247 cm³/mol. The lowest BCUT2D eigenvalue weighted by molar-refractivity contribution is -0.146. The molecule has 17 nitrogen and oxygen atoms in total. The fraction of sp³-hybridized carbons (Fsp3) is 0.545. The number of sulfonamides is 2. The number of esters is 1. The standard InChI is InChI=1S/C44H63N7O10S3/c1-11-49(12-2)19-17-46-40(54)38-27(4)34(47-28(38)5)22-31-30-21-29(15-16-33(30)48-39(31)53)61-36(52)24-43(6,7)26-44(8,9)42(55)51(13-3)35-25-50(18-14-20-60-10)64(58,59)41-32(35)23-37(62-41)63(45,56)57/h15-16,21-23,35,47H,11-14,17-20,24-26H2,1-10H3,(H,46,54)(H,48,53)(H2,45,56,57)/b31-22-/t35-/m0/s1. The number of methoxy groups -OCH3 is 1. The maximum atomic E-state index is 14.6. The lowest BCUT2D eigenvalue weighted by atomic mass is 9.72. The minimum Gasteiger partial charge on any atom is -0.426 e. The molecule has 0 fully saturated rings. The summed E-state index contributed by atoms with van der Waals surface area (Å²) in [6.07, 6.45) is 2.22. The highest BCUT2D eigenvalue weighted by atomic mass is 32.3. The summed E-state index contributed by atoms with van der Waals surface area (Å²) in [5.41, 5.74) is 2.22. The molecule has 0 bridgehead atoms. The van der Waals surface area contributed by atoms with E-state index in [9.17, 15) is 36.0 Å². The first-order chi connectivity index (χ1) is 29.9. The molecule has 352 valence electrons. The van der Waals surface area contributed by atoms with Crippen molar-refractivity contribution in [2.45, 2.75) is 96.0 Å². The van der Waals surface area contributed by atoms with Gasteiger partial charge in [0.05, 0.1) is 23.6 Å². The van der Waals surface area contributed by atoms with Crippen molar-refractivity contribution in [3.05, 3.63) is 57.9 Å². The van der Waals surface area contributed by atoms with Crippen LogP contribution in [0.15, 0.2) is 32.7 Å². The van der Waals surface area contributed by atoms with Crippen LogP contribution in [0.4, 0.5) is 5.69 Å². The van der Waals surface area contributed by atoms with Gasteiger partial charge in [-0.1, -0.05) is 41.5 Å². The summed E-state index contributed by atoms with van der Waals surface area (Å²) >= 11 is 0.571. The van der Waals surface area contributed by atoms with E-state index < -0.39 is 42.9 Å². The number of amides is 3. The average Bonchev–Trinajstić information content (AvgIpc) is 3.88. The van der Waals surface area contributed by atoms with E-state index in [1.54, 1.807) is 49.9 Å². The van der Waals surface area contributed by atoms with E-state index in [4.69, 9.17) is 14.6 Å². The molecule has 2 aliphatic rings. The van der Waals surface area contributed by atoms with Gasteiger partial charge in [-0.05, 0) is 88.0 Å². The maximum absolute atomic E-state index is 14.6. The smallest absolute Gasteiger partial charge is 0.311 e. The summed E-state index contributed by atoms with van der Waals surface area (Å²) in [6.45, 7) is 20.3. The van der Waals surface area contributed by atoms with Crippen molar-refractivity contribution in [3.8, 4) is 5.75 Å². The summed E-state index contributed by atoms with van der Waals surface area (Å²) in [4.78, 5) is 61.6. The van der Waals surface area contributed by atoms with Crippen LogP contribution in [0.3, 0.4) is 0 Å². The zero-order valence-electron chi connectivity index (χ0n) is 38.5. The van der Waals surface area contributed by atoms with E-state index >= 15 is 0 Å². The van der Waals surface area contributed by atoms with Crippen LogP contribution in [0.1, 0.15) is 112 Å². The number of nitrogens with two attached hydrogens (primary N) is 1. The Kier molecular flexibility index (Phi) is 15.8. The van der Waals surface area contributed by atoms with Crippen molar-refractivity contribution in [1.82, 2.24) is 24.4 Å². The number of ether oxygens (including phenoxy) is 2. The Labute approximate surface area is 381 Å². The molecule has 0 saturated carbocycles. The number of H-pyrrole nitrogens is 1. The number of benzene rings is 1. The third kappa shape index (κ3) is 11.1. The number of thiophene rings is 1. The second kappa shape index (κ2) is 20.0. The van der Waals surface area contributed by atoms with Crippen LogP contribution in [-0.4, -0.2) is 119 Å². The molecule has 5 N–H and O–H groups in total. The highest BCUT2D eigenvalue weighted by Crippen LogP contribution is 2.45. The lowest BCUT2D eigenvalue weighted by Crippen LogP contribution is -2.50. The van der Waals surface area contributed by atoms with Gasteiger partial charge in [0.15, 0.2) is 0 Å². The number of hydrogen-bond donors (Lipinski definition) is 4. The lowest BCUT2D eigenvalue weighted by Gasteiger charge is -2.43. The summed E-state index contributed by atoms with van der Waals surface area (Å²) < 4.78 is 64.0. The molecule has 0 unspecified atom stereocenters. The summed E-state index contributed by atoms with van der Waals surface area (Å²) in [6, 6.07) is 5.31. The first-order valence-electron chi connectivity index (χ1n) is 21.4. The van der Waals surface area contributed by atoms with Crippen molar-refractivity contribution in [2.24, 2.45) is 16.0 Å². The fourth-order valence-electron chi connectivity index (χ4n) is 8.83. The molecule has 0 radical (unpaired) electrons. The van der Waals surface area contributed by atoms with Gasteiger partial charge in [0.2, 0.25) is 15.9 Å². The van der Waals surface area contributed by atoms with Crippen molar-refractivity contribution >= 4 is 72.4 Å². The zero-order chi connectivity index (χ0) is 47.5. The Hall–Kier alpha value is -4.44. The quantitative estimate of drug-likeness (QED) is 0.0493. The Morgan fingerprint density at radius 3 is 2.39 bits per heavy atom. The number of carbonyl (C=O) groups is 4. The van der Waals surface area contributed by atoms with Gasteiger partial charge in [-0.3, -0.25) is 19.2 Å². The van der Waals surface area contributed by atoms with Gasteiger partial charge >= 0.3 is 5.97 Å². The molecule has 2 aromatic heterocycles. The van der Waals surface area contributed by atoms with Crippen LogP contribution in [0.2, 0.25) is 0 Å². The SMILES string of the molecule is CCN(CC)CCNC(=O)c1c(C)[nH]c(/C=C2\C(=O)Nc3ccc(OC(=O)CC(C)(C)CC(C)(C)C(=O)N(CC)[C@H]4CN(CCCOC)S(=O)(=O)c5sc(S(N)(=O)=O)cc54)cc32)c1C. The molecule has 1 atom stereocenters. The number of hydrogen-bond acceptors (Lipinski definition) is 12. The number of primary sulfonamides is 1. The average molecular weight is 946 g/mol. The molecule has 4 heterocycles. The fourth-order valence-corrected chi connectivity index (χ4v) is 13.1. The van der Waals surface area contributed by atoms with E-state index in [0.29, 0.717) is 70.2 Å². The highest BCUT2D eigenvalue weighted by Gasteiger charge is 2.46. The van der Waals surface area contributed by atoms with E-state index in [1.165, 1.54) is 17.5 Å². The normalized spacial score (nSPS) is 17.0. The monoisotopic (exact) mass is 945 g/mol. The Morgan fingerprint density at radius 2 is 1.77 bits per heavy atom. The van der Waals surface area contributed by atoms with Gasteiger partial charge in [-0.25, -0.2) is 22.0 Å². The number of carbonyl (C=O) groups excluding carboxylic acids is 4. The van der Waals surface area contributed by atoms with Crippen molar-refractivity contribution in [3.63, 3.8) is 0 Å². The third-order valence-electron chi connectivity index (χ3n) is 11.8. The van der Waals surface area contributed by atoms with Gasteiger partial charge in [-0.15, -0.1) is 11.3 Å². The van der Waals surface area contributed by atoms with E-state index in [-0.39, 0.29) is 69.9 Å². The van der Waals surface area contributed by atoms with E-state index in [0.717, 1.165) is 19.6 Å². The van der Waals surface area contributed by atoms with Crippen molar-refractivity contribution < 1.29 is 45.5 Å². The molecule has 5 rings (SSSR count). The molecule has 3 amide bonds. The number of fused-ring (bicyclic) bond motifs is 2. The number of likely N-dealkylation sites (N-methyl/N-ethyl adjacent to an activating group) is 2. The van der Waals surface area contributed by atoms with Crippen LogP contribution < -0.4 is 20.5 Å². The number of aromatic nitrogens is 1. The van der Waals surface area contributed by atoms with E-state index in [1.807, 2.05) is 27.7 Å². The largest absolute Gasteiger partial charge is 0.426 e. The van der Waals surface area contributed by atoms with Gasteiger partial charge in [0, 0.05) is 80.1 Å². The summed E-state index contributed by atoms with van der Waals surface area (Å²) in [5, 5.41) is 11.3. The minimum atomic E-state index is -4.25. The van der Waals surface area contributed by atoms with Crippen LogP contribution >= 0.6 is 11.3 Å². The number of aromatic amines is 1. The predicted octanol–water partition coefficient (Wildman–Crippen LogP) is 5.27. The van der Waals surface area contributed by atoms with Gasteiger partial charge in [0.1, 0.15) is 14.2 Å². The van der Waals surface area contributed by atoms with Crippen molar-refractivity contribution in [1.29, 1.82) is 0 Å². The molecule has 64 heavy (non-hydrogen) atoms. The minimum absolute atomic E-state index is 0.0746. The number of anilines is 1. The molecule has 20 heteroatoms. The first kappa shape index (κ1) is 50.6. The second-order valence-electron chi connectivity index (χ2n) is 17.7. The second-order valence-corrected chi connectivity index (χ2v) is 22.7. The van der Waals surface area contributed by atoms with Gasteiger partial charge < -0.3 is 34.9 Å². The summed E-state index contributed by atoms with van der Waals surface area (Å²) in [5.74, 6) is -1.20. The van der Waals surface area contributed by atoms with Gasteiger partial charge in [0.25, 0.3) is 21.8 Å². The number of nitrogens with one attached hydrogen (secondary N) is 3. The van der Waals surface area contributed by atoms with Gasteiger partial charge in [-0.2, -0.15) is 4.31 Å². The third-order valence-corrected chi connectivity index (χ3v) is 16.7. The van der Waals surface area contributed by atoms with Crippen molar-refractivity contribution in [2.75, 3.05) is 64.8 Å². The molecule has 1 aromatic carbocycles. The highest BCUT2D eigenvalue weighted by molar-refractivity contribution is 7.94. The molecule has 0 aliphatic carbocycles. The van der Waals surface area contributed by atoms with Crippen LogP contribution in [-0.2, 0) is 39.2 Å². The zero-order valence-corrected chi connectivity index (χ0v) is 40.9. The topological polar surface area (TPSA) is 231 Å². The van der Waals surface area contributed by atoms with Crippen LogP contribution in [0.25, 0.3) is 11.6 Å². The first-order valence-corrected chi connectivity index (χ1v) is 25.2. The molecular formula is C44H63N7O10S3. The number of nitrogens with zero attached hydrogens (tertiary/aromatic N) is 3. The molecule has 3 aromatic rings. The molecule has 0 spiro atoms. The molecular weight excluding hydrogens is 883 g/mol. The Morgan fingerprint density at radius 1 is 1.08 bits per heavy atom. The number of rotatable bonds is 20.